The van der Waals surface area contributed by atoms with E-state index in [1.807, 2.05) is 13.0 Å². The normalized spacial score (nSPS) is 13.2. The molecular weight excluding hydrogens is 262 g/mol. The molecule has 0 fully saturated rings. The first kappa shape index (κ1) is 15.6. The average molecular weight is 281 g/mol. The predicted octanol–water partition coefficient (Wildman–Crippen LogP) is 2.06. The molecule has 0 amide bonds. The minimum atomic E-state index is -3.55. The Labute approximate surface area is 114 Å². The monoisotopic (exact) mass is 281 g/mol. The predicted molar refractivity (Wildman–Crippen MR) is 72.8 cm³/mol. The zero-order chi connectivity index (χ0) is 14.5. The molecule has 5 nitrogen and oxygen atoms in total. The van der Waals surface area contributed by atoms with Crippen LogP contribution in [0.3, 0.4) is 0 Å². The van der Waals surface area contributed by atoms with Gasteiger partial charge in [0.2, 0.25) is 10.0 Å². The zero-order valence-electron chi connectivity index (χ0n) is 11.4. The highest BCUT2D eigenvalue weighted by atomic mass is 32.2. The number of hydrogen-bond acceptors (Lipinski definition) is 4. The minimum Gasteiger partial charge on any atom is -0.244 e. The van der Waals surface area contributed by atoms with E-state index in [-0.39, 0.29) is 16.6 Å². The molecule has 0 saturated heterocycles. The Kier molecular flexibility index (Phi) is 5.45. The fraction of sp³-hybridized carbons (Fsp3) is 0.538. The van der Waals surface area contributed by atoms with Crippen LogP contribution in [0.1, 0.15) is 39.3 Å². The van der Waals surface area contributed by atoms with Crippen molar-refractivity contribution < 1.29 is 8.42 Å². The number of rotatable bonds is 6. The molecule has 1 N–H and O–H groups in total. The third-order valence-electron chi connectivity index (χ3n) is 2.69. The second-order valence-electron chi connectivity index (χ2n) is 4.98. The molecule has 104 valence electrons. The lowest BCUT2D eigenvalue weighted by molar-refractivity contribution is 0.485. The van der Waals surface area contributed by atoms with Gasteiger partial charge in [0.25, 0.3) is 0 Å². The number of nitrogens with zero attached hydrogens (tertiary/aromatic N) is 2. The van der Waals surface area contributed by atoms with Gasteiger partial charge in [0.05, 0.1) is 0 Å². The Balaban J connectivity index is 2.72. The maximum absolute atomic E-state index is 12.1. The third kappa shape index (κ3) is 4.97. The summed E-state index contributed by atoms with van der Waals surface area (Å²) < 4.78 is 26.7. The van der Waals surface area contributed by atoms with Crippen LogP contribution in [0.2, 0.25) is 0 Å². The summed E-state index contributed by atoms with van der Waals surface area (Å²) in [6.07, 6.45) is 2.96. The van der Waals surface area contributed by atoms with Crippen LogP contribution >= 0.6 is 0 Å². The van der Waals surface area contributed by atoms with Crippen LogP contribution in [0, 0.1) is 17.2 Å². The second-order valence-corrected chi connectivity index (χ2v) is 6.70. The molecule has 0 bridgehead atoms. The molecule has 0 spiro atoms. The SMILES string of the molecule is CC(C)CCC(C)NS(=O)(=O)c1ccc(C#N)nc1. The quantitative estimate of drug-likeness (QED) is 0.865. The largest absolute Gasteiger partial charge is 0.244 e. The van der Waals surface area contributed by atoms with Crippen molar-refractivity contribution in [2.75, 3.05) is 0 Å². The van der Waals surface area contributed by atoms with Crippen LogP contribution in [0.15, 0.2) is 23.2 Å². The first-order valence-corrected chi connectivity index (χ1v) is 7.72. The maximum atomic E-state index is 12.1. The van der Waals surface area contributed by atoms with Gasteiger partial charge in [-0.05, 0) is 37.8 Å². The van der Waals surface area contributed by atoms with E-state index >= 15 is 0 Å². The first-order chi connectivity index (χ1) is 8.85. The molecule has 1 rings (SSSR count). The fourth-order valence-electron chi connectivity index (χ4n) is 1.58. The van der Waals surface area contributed by atoms with Gasteiger partial charge in [0.1, 0.15) is 16.7 Å². The maximum Gasteiger partial charge on any atom is 0.242 e. The van der Waals surface area contributed by atoms with Crippen molar-refractivity contribution in [1.29, 1.82) is 5.26 Å². The van der Waals surface area contributed by atoms with Gasteiger partial charge in [-0.1, -0.05) is 13.8 Å². The molecule has 1 aromatic heterocycles. The van der Waals surface area contributed by atoms with Crippen LogP contribution < -0.4 is 4.72 Å². The number of aromatic nitrogens is 1. The average Bonchev–Trinajstić information content (AvgIpc) is 2.36. The molecule has 0 aliphatic heterocycles. The summed E-state index contributed by atoms with van der Waals surface area (Å²) in [6, 6.07) is 4.52. The van der Waals surface area contributed by atoms with Crippen molar-refractivity contribution in [1.82, 2.24) is 9.71 Å². The van der Waals surface area contributed by atoms with Gasteiger partial charge >= 0.3 is 0 Å². The van der Waals surface area contributed by atoms with E-state index in [1.165, 1.54) is 18.3 Å². The summed E-state index contributed by atoms with van der Waals surface area (Å²) in [5, 5.41) is 8.62. The second kappa shape index (κ2) is 6.64. The van der Waals surface area contributed by atoms with Gasteiger partial charge in [-0.15, -0.1) is 0 Å². The van der Waals surface area contributed by atoms with Gasteiger partial charge in [-0.2, -0.15) is 5.26 Å². The Morgan fingerprint density at radius 2 is 2.00 bits per heavy atom. The van der Waals surface area contributed by atoms with Crippen LogP contribution in [0.5, 0.6) is 0 Å². The topological polar surface area (TPSA) is 82.9 Å². The molecule has 6 heteroatoms. The lowest BCUT2D eigenvalue weighted by Crippen LogP contribution is -2.32. The van der Waals surface area contributed by atoms with E-state index in [1.54, 1.807) is 0 Å². The van der Waals surface area contributed by atoms with Crippen LogP contribution in [-0.2, 0) is 10.0 Å². The molecule has 1 heterocycles. The summed E-state index contributed by atoms with van der Waals surface area (Å²) in [7, 11) is -3.55. The molecule has 1 aromatic rings. The summed E-state index contributed by atoms with van der Waals surface area (Å²) in [5.41, 5.74) is 0.201. The van der Waals surface area contributed by atoms with E-state index in [4.69, 9.17) is 5.26 Å². The van der Waals surface area contributed by atoms with Crippen LogP contribution in [0.25, 0.3) is 0 Å². The molecule has 1 unspecified atom stereocenters. The smallest absolute Gasteiger partial charge is 0.242 e. The lowest BCUT2D eigenvalue weighted by Gasteiger charge is -2.15. The number of pyridine rings is 1. The van der Waals surface area contributed by atoms with Gasteiger partial charge in [0.15, 0.2) is 0 Å². The summed E-state index contributed by atoms with van der Waals surface area (Å²) >= 11 is 0. The lowest BCUT2D eigenvalue weighted by atomic mass is 10.1. The standard InChI is InChI=1S/C13H19N3O2S/c1-10(2)4-5-11(3)16-19(17,18)13-7-6-12(8-14)15-9-13/h6-7,9-11,16H,4-5H2,1-3H3. The van der Waals surface area contributed by atoms with E-state index in [9.17, 15) is 8.42 Å². The number of nitrogens with one attached hydrogen (secondary N) is 1. The Bertz CT molecular complexity index is 544. The molecule has 0 aliphatic rings. The highest BCUT2D eigenvalue weighted by Gasteiger charge is 2.17. The molecule has 0 radical (unpaired) electrons. The summed E-state index contributed by atoms with van der Waals surface area (Å²) in [4.78, 5) is 3.85. The van der Waals surface area contributed by atoms with E-state index in [0.717, 1.165) is 12.8 Å². The highest BCUT2D eigenvalue weighted by Crippen LogP contribution is 2.11. The summed E-state index contributed by atoms with van der Waals surface area (Å²) in [5.74, 6) is 0.545. The zero-order valence-corrected chi connectivity index (χ0v) is 12.2. The summed E-state index contributed by atoms with van der Waals surface area (Å²) in [6.45, 7) is 6.05. The third-order valence-corrected chi connectivity index (χ3v) is 4.27. The molecule has 0 aromatic carbocycles. The van der Waals surface area contributed by atoms with Crippen molar-refractivity contribution >= 4 is 10.0 Å². The first-order valence-electron chi connectivity index (χ1n) is 6.23. The molecule has 1 atom stereocenters. The van der Waals surface area contributed by atoms with Gasteiger partial charge in [-0.3, -0.25) is 0 Å². The Hall–Kier alpha value is -1.45. The number of hydrogen-bond donors (Lipinski definition) is 1. The molecular formula is C13H19N3O2S. The van der Waals surface area contributed by atoms with Crippen molar-refractivity contribution in [2.45, 2.75) is 44.6 Å². The van der Waals surface area contributed by atoms with Crippen LogP contribution in [-0.4, -0.2) is 19.4 Å². The van der Waals surface area contributed by atoms with Gasteiger partial charge in [-0.25, -0.2) is 18.1 Å². The van der Waals surface area contributed by atoms with Crippen molar-refractivity contribution in [3.8, 4) is 6.07 Å². The molecule has 0 aliphatic carbocycles. The van der Waals surface area contributed by atoms with E-state index < -0.39 is 10.0 Å². The Morgan fingerprint density at radius 3 is 2.47 bits per heavy atom. The highest BCUT2D eigenvalue weighted by molar-refractivity contribution is 7.89. The van der Waals surface area contributed by atoms with Crippen molar-refractivity contribution in [3.63, 3.8) is 0 Å². The van der Waals surface area contributed by atoms with Crippen molar-refractivity contribution in [2.24, 2.45) is 5.92 Å². The minimum absolute atomic E-state index is 0.0860. The van der Waals surface area contributed by atoms with Crippen LogP contribution in [0.4, 0.5) is 0 Å². The van der Waals surface area contributed by atoms with E-state index in [0.29, 0.717) is 5.92 Å². The fourth-order valence-corrected chi connectivity index (χ4v) is 2.80. The van der Waals surface area contributed by atoms with Gasteiger partial charge < -0.3 is 0 Å². The number of sulfonamides is 1. The number of nitriles is 1. The van der Waals surface area contributed by atoms with Gasteiger partial charge in [0, 0.05) is 12.2 Å². The van der Waals surface area contributed by atoms with Crippen molar-refractivity contribution in [3.05, 3.63) is 24.0 Å². The Morgan fingerprint density at radius 1 is 1.32 bits per heavy atom. The molecule has 19 heavy (non-hydrogen) atoms. The van der Waals surface area contributed by atoms with E-state index in [2.05, 4.69) is 23.6 Å². The molecule has 0 saturated carbocycles.